The van der Waals surface area contributed by atoms with Gasteiger partial charge in [0.25, 0.3) is 0 Å². The molecule has 3 rings (SSSR count). The van der Waals surface area contributed by atoms with Crippen molar-refractivity contribution >= 4 is 11.9 Å². The molecule has 0 radical (unpaired) electrons. The zero-order valence-electron chi connectivity index (χ0n) is 12.6. The van der Waals surface area contributed by atoms with Crippen molar-refractivity contribution in [1.29, 1.82) is 0 Å². The van der Waals surface area contributed by atoms with Crippen molar-refractivity contribution in [2.75, 3.05) is 0 Å². The Kier molecular flexibility index (Phi) is 4.21. The first kappa shape index (κ1) is 14.7. The number of aryl methyl sites for hydroxylation is 1. The van der Waals surface area contributed by atoms with E-state index >= 15 is 0 Å². The van der Waals surface area contributed by atoms with Gasteiger partial charge in [-0.25, -0.2) is 0 Å². The highest BCUT2D eigenvalue weighted by Crippen LogP contribution is 2.38. The van der Waals surface area contributed by atoms with E-state index in [0.29, 0.717) is 0 Å². The Hall–Kier alpha value is -2.19. The molecule has 1 aliphatic carbocycles. The monoisotopic (exact) mass is 292 g/mol. The molecule has 1 saturated carbocycles. The molecule has 22 heavy (non-hydrogen) atoms. The van der Waals surface area contributed by atoms with E-state index in [4.69, 9.17) is 0 Å². The van der Waals surface area contributed by atoms with Crippen molar-refractivity contribution in [3.05, 3.63) is 77.4 Å². The van der Waals surface area contributed by atoms with E-state index in [2.05, 4.69) is 19.1 Å². The molecule has 1 fully saturated rings. The van der Waals surface area contributed by atoms with Gasteiger partial charge >= 0.3 is 0 Å². The predicted molar refractivity (Wildman–Crippen MR) is 88.5 cm³/mol. The largest absolute Gasteiger partial charge is 0.392 e. The fraction of sp³-hybridized carbons (Fsp3) is 0.250. The van der Waals surface area contributed by atoms with Crippen LogP contribution in [-0.2, 0) is 4.79 Å². The summed E-state index contributed by atoms with van der Waals surface area (Å²) >= 11 is 0. The third-order valence-corrected chi connectivity index (χ3v) is 4.33. The SMILES string of the molecule is Cc1ccc(/C=C/[C@@H]2[C@@H](O)CC(=O)[C@H]2c2ccccc2)cc1. The Balaban J connectivity index is 1.86. The summed E-state index contributed by atoms with van der Waals surface area (Å²) in [6.45, 7) is 2.05. The Bertz CT molecular complexity index is 671. The first-order valence-corrected chi connectivity index (χ1v) is 7.66. The van der Waals surface area contributed by atoms with Gasteiger partial charge in [0.15, 0.2) is 0 Å². The minimum atomic E-state index is -0.598. The average Bonchev–Trinajstić information content (AvgIpc) is 2.81. The van der Waals surface area contributed by atoms with E-state index in [0.717, 1.165) is 11.1 Å². The summed E-state index contributed by atoms with van der Waals surface area (Å²) in [5, 5.41) is 10.2. The van der Waals surface area contributed by atoms with E-state index < -0.39 is 6.10 Å². The minimum absolute atomic E-state index is 0.122. The van der Waals surface area contributed by atoms with Crippen LogP contribution in [0.15, 0.2) is 60.7 Å². The van der Waals surface area contributed by atoms with Crippen LogP contribution < -0.4 is 0 Å². The summed E-state index contributed by atoms with van der Waals surface area (Å²) in [5.41, 5.74) is 3.29. The van der Waals surface area contributed by atoms with Gasteiger partial charge in [-0.15, -0.1) is 0 Å². The predicted octanol–water partition coefficient (Wildman–Crippen LogP) is 3.74. The maximum absolute atomic E-state index is 12.3. The average molecular weight is 292 g/mol. The first-order chi connectivity index (χ1) is 10.6. The molecule has 112 valence electrons. The van der Waals surface area contributed by atoms with Gasteiger partial charge in [0, 0.05) is 12.3 Å². The number of hydrogen-bond donors (Lipinski definition) is 1. The molecule has 2 heteroatoms. The van der Waals surface area contributed by atoms with Crippen LogP contribution in [0.4, 0.5) is 0 Å². The molecule has 0 spiro atoms. The van der Waals surface area contributed by atoms with Crippen LogP contribution in [0, 0.1) is 12.8 Å². The molecule has 0 heterocycles. The highest BCUT2D eigenvalue weighted by molar-refractivity contribution is 5.89. The van der Waals surface area contributed by atoms with Crippen LogP contribution in [0.3, 0.4) is 0 Å². The lowest BCUT2D eigenvalue weighted by Crippen LogP contribution is -2.16. The number of aliphatic hydroxyl groups excluding tert-OH is 1. The van der Waals surface area contributed by atoms with Crippen molar-refractivity contribution < 1.29 is 9.90 Å². The Labute approximate surface area is 131 Å². The number of ketones is 1. The quantitative estimate of drug-likeness (QED) is 0.935. The number of carbonyl (C=O) groups is 1. The van der Waals surface area contributed by atoms with E-state index in [1.165, 1.54) is 5.56 Å². The Morgan fingerprint density at radius 1 is 1.05 bits per heavy atom. The van der Waals surface area contributed by atoms with Gasteiger partial charge in [-0.05, 0) is 18.1 Å². The number of Topliss-reactive ketones (excluding diaryl/α,β-unsaturated/α-hetero) is 1. The van der Waals surface area contributed by atoms with Crippen molar-refractivity contribution in [3.63, 3.8) is 0 Å². The smallest absolute Gasteiger partial charge is 0.143 e. The number of benzene rings is 2. The molecule has 0 bridgehead atoms. The normalized spacial score (nSPS) is 25.0. The van der Waals surface area contributed by atoms with Crippen molar-refractivity contribution in [3.8, 4) is 0 Å². The molecule has 0 aromatic heterocycles. The van der Waals surface area contributed by atoms with Crippen molar-refractivity contribution in [2.24, 2.45) is 5.92 Å². The number of carbonyl (C=O) groups excluding carboxylic acids is 1. The van der Waals surface area contributed by atoms with Crippen LogP contribution in [0.1, 0.15) is 29.0 Å². The summed E-state index contributed by atoms with van der Waals surface area (Å²) in [7, 11) is 0. The van der Waals surface area contributed by atoms with E-state index in [-0.39, 0.29) is 24.0 Å². The number of rotatable bonds is 3. The summed E-state index contributed by atoms with van der Waals surface area (Å²) in [6, 6.07) is 18.0. The van der Waals surface area contributed by atoms with E-state index in [1.807, 2.05) is 54.6 Å². The van der Waals surface area contributed by atoms with Gasteiger partial charge in [0.05, 0.1) is 12.0 Å². The second-order valence-corrected chi connectivity index (χ2v) is 5.97. The highest BCUT2D eigenvalue weighted by Gasteiger charge is 2.40. The van der Waals surface area contributed by atoms with Gasteiger partial charge < -0.3 is 5.11 Å². The molecule has 0 amide bonds. The molecule has 0 aliphatic heterocycles. The van der Waals surface area contributed by atoms with E-state index in [1.54, 1.807) is 0 Å². The second-order valence-electron chi connectivity index (χ2n) is 5.97. The fourth-order valence-electron chi connectivity index (χ4n) is 3.11. The molecule has 2 aromatic carbocycles. The van der Waals surface area contributed by atoms with Crippen LogP contribution in [0.2, 0.25) is 0 Å². The summed E-state index contributed by atoms with van der Waals surface area (Å²) < 4.78 is 0. The van der Waals surface area contributed by atoms with Crippen molar-refractivity contribution in [1.82, 2.24) is 0 Å². The van der Waals surface area contributed by atoms with Crippen LogP contribution in [-0.4, -0.2) is 17.0 Å². The highest BCUT2D eigenvalue weighted by atomic mass is 16.3. The Morgan fingerprint density at radius 2 is 1.73 bits per heavy atom. The third kappa shape index (κ3) is 3.02. The summed E-state index contributed by atoms with van der Waals surface area (Å²) in [5.74, 6) is -0.272. The molecule has 0 saturated heterocycles. The molecule has 1 aliphatic rings. The standard InChI is InChI=1S/C20H20O2/c1-14-7-9-15(10-8-14)11-12-17-18(21)13-19(22)20(17)16-5-3-2-4-6-16/h2-12,17-18,20-21H,13H2,1H3/b12-11+/t17-,18+,20+/m1/s1. The zero-order chi connectivity index (χ0) is 15.5. The summed E-state index contributed by atoms with van der Waals surface area (Å²) in [6.07, 6.45) is 3.63. The van der Waals surface area contributed by atoms with Gasteiger partial charge in [0.1, 0.15) is 5.78 Å². The van der Waals surface area contributed by atoms with Crippen LogP contribution in [0.25, 0.3) is 6.08 Å². The molecule has 1 N–H and O–H groups in total. The molecule has 3 atom stereocenters. The number of aliphatic hydroxyl groups is 1. The first-order valence-electron chi connectivity index (χ1n) is 7.66. The van der Waals surface area contributed by atoms with Crippen LogP contribution >= 0.6 is 0 Å². The Morgan fingerprint density at radius 3 is 2.41 bits per heavy atom. The van der Waals surface area contributed by atoms with Crippen molar-refractivity contribution in [2.45, 2.75) is 25.4 Å². The molecule has 2 nitrogen and oxygen atoms in total. The second kappa shape index (κ2) is 6.29. The van der Waals surface area contributed by atoms with Gasteiger partial charge in [-0.2, -0.15) is 0 Å². The lowest BCUT2D eigenvalue weighted by Gasteiger charge is -2.17. The summed E-state index contributed by atoms with van der Waals surface area (Å²) in [4.78, 5) is 12.3. The molecular formula is C20H20O2. The lowest BCUT2D eigenvalue weighted by atomic mass is 9.87. The molecular weight excluding hydrogens is 272 g/mol. The third-order valence-electron chi connectivity index (χ3n) is 4.33. The lowest BCUT2D eigenvalue weighted by molar-refractivity contribution is -0.119. The topological polar surface area (TPSA) is 37.3 Å². The minimum Gasteiger partial charge on any atom is -0.392 e. The zero-order valence-corrected chi connectivity index (χ0v) is 12.6. The molecule has 0 unspecified atom stereocenters. The van der Waals surface area contributed by atoms with Gasteiger partial charge in [-0.1, -0.05) is 72.3 Å². The maximum Gasteiger partial charge on any atom is 0.143 e. The van der Waals surface area contributed by atoms with Crippen LogP contribution in [0.5, 0.6) is 0 Å². The van der Waals surface area contributed by atoms with E-state index in [9.17, 15) is 9.90 Å². The number of hydrogen-bond acceptors (Lipinski definition) is 2. The molecule has 2 aromatic rings. The van der Waals surface area contributed by atoms with Gasteiger partial charge in [0.2, 0.25) is 0 Å². The fourth-order valence-corrected chi connectivity index (χ4v) is 3.11. The maximum atomic E-state index is 12.3. The van der Waals surface area contributed by atoms with Gasteiger partial charge in [-0.3, -0.25) is 4.79 Å².